The van der Waals surface area contributed by atoms with Gasteiger partial charge in [-0.1, -0.05) is 11.6 Å². The van der Waals surface area contributed by atoms with Crippen LogP contribution in [0.3, 0.4) is 0 Å². The second-order valence-corrected chi connectivity index (χ2v) is 5.27. The van der Waals surface area contributed by atoms with Crippen molar-refractivity contribution in [2.24, 2.45) is 0 Å². The first-order chi connectivity index (χ1) is 8.66. The lowest BCUT2D eigenvalue weighted by molar-refractivity contribution is 0.0697. The Hall–Kier alpha value is -1.66. The van der Waals surface area contributed by atoms with Crippen LogP contribution in [0, 0.1) is 0 Å². The fraction of sp³-hybridized carbons (Fsp3) is 0.182. The van der Waals surface area contributed by atoms with Crippen molar-refractivity contribution >= 4 is 34.7 Å². The van der Waals surface area contributed by atoms with Crippen LogP contribution in [-0.2, 0) is 6.42 Å². The van der Waals surface area contributed by atoms with E-state index >= 15 is 0 Å². The van der Waals surface area contributed by atoms with Crippen LogP contribution in [0.1, 0.15) is 15.2 Å². The molecular formula is C11H10ClN3O2S. The van der Waals surface area contributed by atoms with Crippen molar-refractivity contribution in [2.45, 2.75) is 6.42 Å². The van der Waals surface area contributed by atoms with Crippen molar-refractivity contribution in [1.82, 2.24) is 9.97 Å². The molecule has 2 heterocycles. The van der Waals surface area contributed by atoms with Gasteiger partial charge in [-0.25, -0.2) is 14.8 Å². The molecule has 0 unspecified atom stereocenters. The van der Waals surface area contributed by atoms with E-state index in [9.17, 15) is 4.79 Å². The maximum Gasteiger partial charge on any atom is 0.341 e. The van der Waals surface area contributed by atoms with Gasteiger partial charge >= 0.3 is 5.97 Å². The van der Waals surface area contributed by atoms with Gasteiger partial charge in [0, 0.05) is 17.6 Å². The van der Waals surface area contributed by atoms with Crippen LogP contribution in [0.4, 0.5) is 5.82 Å². The zero-order chi connectivity index (χ0) is 13.0. The predicted molar refractivity (Wildman–Crippen MR) is 70.5 cm³/mol. The van der Waals surface area contributed by atoms with Crippen molar-refractivity contribution in [3.05, 3.63) is 39.4 Å². The summed E-state index contributed by atoms with van der Waals surface area (Å²) in [5.41, 5.74) is 0.0710. The maximum atomic E-state index is 10.9. The van der Waals surface area contributed by atoms with Crippen LogP contribution in [0.2, 0.25) is 4.34 Å². The molecule has 2 N–H and O–H groups in total. The molecule has 2 rings (SSSR count). The number of aromatic nitrogens is 2. The first-order valence-corrected chi connectivity index (χ1v) is 6.37. The number of hydrogen-bond acceptors (Lipinski definition) is 5. The number of nitrogens with zero attached hydrogens (tertiary/aromatic N) is 2. The van der Waals surface area contributed by atoms with Crippen LogP contribution in [-0.4, -0.2) is 27.6 Å². The van der Waals surface area contributed by atoms with Crippen molar-refractivity contribution in [2.75, 3.05) is 11.9 Å². The summed E-state index contributed by atoms with van der Waals surface area (Å²) in [6.45, 7) is 0.591. The van der Waals surface area contributed by atoms with Gasteiger partial charge in [0.1, 0.15) is 17.7 Å². The highest BCUT2D eigenvalue weighted by Crippen LogP contribution is 2.21. The molecule has 18 heavy (non-hydrogen) atoms. The third-order valence-corrected chi connectivity index (χ3v) is 3.53. The van der Waals surface area contributed by atoms with E-state index in [1.165, 1.54) is 23.9 Å². The summed E-state index contributed by atoms with van der Waals surface area (Å²) in [5, 5.41) is 11.9. The molecule has 2 aromatic rings. The summed E-state index contributed by atoms with van der Waals surface area (Å²) in [4.78, 5) is 19.7. The first kappa shape index (κ1) is 12.8. The van der Waals surface area contributed by atoms with E-state index in [2.05, 4.69) is 15.3 Å². The highest BCUT2D eigenvalue weighted by molar-refractivity contribution is 7.16. The van der Waals surface area contributed by atoms with Gasteiger partial charge in [-0.15, -0.1) is 11.3 Å². The molecule has 0 aromatic carbocycles. The Balaban J connectivity index is 1.96. The number of carboxylic acid groups (broad SMARTS) is 1. The second-order valence-electron chi connectivity index (χ2n) is 3.47. The van der Waals surface area contributed by atoms with Crippen molar-refractivity contribution in [3.63, 3.8) is 0 Å². The van der Waals surface area contributed by atoms with Crippen LogP contribution in [0.15, 0.2) is 24.7 Å². The number of nitrogens with one attached hydrogen (secondary N) is 1. The number of rotatable bonds is 5. The molecule has 0 bridgehead atoms. The number of carboxylic acids is 1. The third kappa shape index (κ3) is 3.18. The van der Waals surface area contributed by atoms with Gasteiger partial charge in [0.2, 0.25) is 0 Å². The van der Waals surface area contributed by atoms with Crippen LogP contribution in [0.25, 0.3) is 0 Å². The monoisotopic (exact) mass is 283 g/mol. The molecule has 0 spiro atoms. The van der Waals surface area contributed by atoms with Gasteiger partial charge in [-0.3, -0.25) is 0 Å². The van der Waals surface area contributed by atoms with Crippen molar-refractivity contribution in [3.8, 4) is 0 Å². The Morgan fingerprint density at radius 3 is 3.00 bits per heavy atom. The summed E-state index contributed by atoms with van der Waals surface area (Å²) < 4.78 is 0.748. The van der Waals surface area contributed by atoms with E-state index in [4.69, 9.17) is 16.7 Å². The molecule has 0 fully saturated rings. The minimum absolute atomic E-state index is 0.0710. The molecular weight excluding hydrogens is 274 g/mol. The standard InChI is InChI=1S/C11H10ClN3O2S/c12-9-2-1-7(18-9)3-4-14-10-8(11(16)17)5-13-6-15-10/h1-2,5-6H,3-4H2,(H,16,17)(H,13,14,15). The molecule has 0 saturated carbocycles. The van der Waals surface area contributed by atoms with Gasteiger partial charge in [0.25, 0.3) is 0 Å². The molecule has 0 aliphatic heterocycles. The molecule has 0 aliphatic carbocycles. The molecule has 0 atom stereocenters. The van der Waals surface area contributed by atoms with Crippen LogP contribution in [0.5, 0.6) is 0 Å². The fourth-order valence-corrected chi connectivity index (χ4v) is 2.50. The van der Waals surface area contributed by atoms with E-state index in [0.717, 1.165) is 15.6 Å². The summed E-state index contributed by atoms with van der Waals surface area (Å²) in [7, 11) is 0. The minimum Gasteiger partial charge on any atom is -0.477 e. The number of aromatic carboxylic acids is 1. The Bertz CT molecular complexity index is 559. The zero-order valence-electron chi connectivity index (χ0n) is 9.26. The molecule has 7 heteroatoms. The Labute approximate surface area is 112 Å². The average molecular weight is 284 g/mol. The normalized spacial score (nSPS) is 10.3. The number of thiophene rings is 1. The van der Waals surface area contributed by atoms with Crippen LogP contribution < -0.4 is 5.32 Å². The average Bonchev–Trinajstić information content (AvgIpc) is 2.75. The highest BCUT2D eigenvalue weighted by Gasteiger charge is 2.10. The van der Waals surface area contributed by atoms with E-state index < -0.39 is 5.97 Å². The van der Waals surface area contributed by atoms with Crippen molar-refractivity contribution < 1.29 is 9.90 Å². The number of halogens is 1. The minimum atomic E-state index is -1.04. The van der Waals surface area contributed by atoms with E-state index in [-0.39, 0.29) is 5.56 Å². The largest absolute Gasteiger partial charge is 0.477 e. The lowest BCUT2D eigenvalue weighted by Crippen LogP contribution is -2.11. The predicted octanol–water partition coefficient (Wildman–Crippen LogP) is 2.54. The maximum absolute atomic E-state index is 10.9. The molecule has 0 radical (unpaired) electrons. The number of anilines is 1. The SMILES string of the molecule is O=C(O)c1cncnc1NCCc1ccc(Cl)s1. The Morgan fingerprint density at radius 1 is 1.50 bits per heavy atom. The van der Waals surface area contributed by atoms with E-state index in [1.807, 2.05) is 12.1 Å². The smallest absolute Gasteiger partial charge is 0.341 e. The molecule has 0 saturated heterocycles. The van der Waals surface area contributed by atoms with Gasteiger partial charge in [0.05, 0.1) is 4.34 Å². The highest BCUT2D eigenvalue weighted by atomic mass is 35.5. The Morgan fingerprint density at radius 2 is 2.33 bits per heavy atom. The molecule has 0 aliphatic rings. The summed E-state index contributed by atoms with van der Waals surface area (Å²) in [6, 6.07) is 3.79. The first-order valence-electron chi connectivity index (χ1n) is 5.18. The van der Waals surface area contributed by atoms with Gasteiger partial charge in [0.15, 0.2) is 0 Å². The van der Waals surface area contributed by atoms with E-state index in [0.29, 0.717) is 12.4 Å². The lowest BCUT2D eigenvalue weighted by Gasteiger charge is -2.06. The number of hydrogen-bond donors (Lipinski definition) is 2. The summed E-state index contributed by atoms with van der Waals surface area (Å²) in [5.74, 6) is -0.711. The zero-order valence-corrected chi connectivity index (χ0v) is 10.8. The van der Waals surface area contributed by atoms with Crippen molar-refractivity contribution in [1.29, 1.82) is 0 Å². The van der Waals surface area contributed by atoms with Gasteiger partial charge < -0.3 is 10.4 Å². The molecule has 94 valence electrons. The molecule has 5 nitrogen and oxygen atoms in total. The second kappa shape index (κ2) is 5.79. The van der Waals surface area contributed by atoms with Crippen LogP contribution >= 0.6 is 22.9 Å². The van der Waals surface area contributed by atoms with Gasteiger partial charge in [-0.2, -0.15) is 0 Å². The van der Waals surface area contributed by atoms with Gasteiger partial charge in [-0.05, 0) is 18.6 Å². The summed E-state index contributed by atoms with van der Waals surface area (Å²) in [6.07, 6.45) is 3.36. The molecule has 2 aromatic heterocycles. The molecule has 0 amide bonds. The topological polar surface area (TPSA) is 75.1 Å². The van der Waals surface area contributed by atoms with E-state index in [1.54, 1.807) is 0 Å². The lowest BCUT2D eigenvalue weighted by atomic mass is 10.3. The third-order valence-electron chi connectivity index (χ3n) is 2.24. The number of carbonyl (C=O) groups is 1. The fourth-order valence-electron chi connectivity index (χ4n) is 1.42. The Kier molecular flexibility index (Phi) is 4.11. The quantitative estimate of drug-likeness (QED) is 0.882. The summed E-state index contributed by atoms with van der Waals surface area (Å²) >= 11 is 7.33.